The number of nitrogens with zero attached hydrogens (tertiary/aromatic N) is 2. The Morgan fingerprint density at radius 2 is 2.42 bits per heavy atom. The monoisotopic (exact) mass is 169 g/mol. The summed E-state index contributed by atoms with van der Waals surface area (Å²) in [5.41, 5.74) is 0. The van der Waals surface area contributed by atoms with Gasteiger partial charge in [-0.2, -0.15) is 0 Å². The Morgan fingerprint density at radius 3 is 2.92 bits per heavy atom. The van der Waals surface area contributed by atoms with Crippen molar-refractivity contribution >= 4 is 6.72 Å². The molecule has 0 bridgehead atoms. The molecule has 1 heterocycles. The molecule has 1 atom stereocenters. The van der Waals surface area contributed by atoms with E-state index in [4.69, 9.17) is 0 Å². The van der Waals surface area contributed by atoms with Gasteiger partial charge in [-0.1, -0.05) is 6.08 Å². The van der Waals surface area contributed by atoms with E-state index in [1.165, 1.54) is 12.3 Å². The Bertz CT molecular complexity index is 243. The van der Waals surface area contributed by atoms with Crippen LogP contribution in [0.5, 0.6) is 0 Å². The molecule has 0 radical (unpaired) electrons. The van der Waals surface area contributed by atoms with Crippen LogP contribution in [0.2, 0.25) is 0 Å². The van der Waals surface area contributed by atoms with Gasteiger partial charge >= 0.3 is 0 Å². The molecule has 0 fully saturated rings. The lowest BCUT2D eigenvalue weighted by atomic mass is 10.2. The maximum Gasteiger partial charge on any atom is 0.165 e. The fourth-order valence-electron chi connectivity index (χ4n) is 1.18. The third-order valence-corrected chi connectivity index (χ3v) is 1.83. The third-order valence-electron chi connectivity index (χ3n) is 1.83. The molecular formula is C9H14FN2+. The summed E-state index contributed by atoms with van der Waals surface area (Å²) in [5.74, 6) is -0.194. The molecule has 0 aromatic rings. The summed E-state index contributed by atoms with van der Waals surface area (Å²) < 4.78 is 14.5. The second-order valence-corrected chi connectivity index (χ2v) is 3.14. The molecule has 0 saturated heterocycles. The van der Waals surface area contributed by atoms with Crippen LogP contribution in [0.1, 0.15) is 0 Å². The van der Waals surface area contributed by atoms with Gasteiger partial charge in [0.05, 0.1) is 0 Å². The smallest absolute Gasteiger partial charge is 0.165 e. The van der Waals surface area contributed by atoms with Crippen molar-refractivity contribution < 1.29 is 8.97 Å². The van der Waals surface area contributed by atoms with Crippen LogP contribution in [0.4, 0.5) is 4.39 Å². The number of hydrogen-bond acceptors (Lipinski definition) is 1. The summed E-state index contributed by atoms with van der Waals surface area (Å²) >= 11 is 0. The van der Waals surface area contributed by atoms with Crippen LogP contribution in [0.3, 0.4) is 0 Å². The van der Waals surface area contributed by atoms with E-state index >= 15 is 0 Å². The van der Waals surface area contributed by atoms with E-state index in [0.29, 0.717) is 0 Å². The van der Waals surface area contributed by atoms with Crippen molar-refractivity contribution in [1.82, 2.24) is 4.90 Å². The van der Waals surface area contributed by atoms with Gasteiger partial charge in [-0.15, -0.1) is 0 Å². The van der Waals surface area contributed by atoms with Crippen molar-refractivity contribution in [2.75, 3.05) is 20.6 Å². The number of halogens is 1. The first-order valence-electron chi connectivity index (χ1n) is 3.88. The highest BCUT2D eigenvalue weighted by Gasteiger charge is 2.16. The fourth-order valence-corrected chi connectivity index (χ4v) is 1.18. The molecule has 1 aliphatic rings. The van der Waals surface area contributed by atoms with Gasteiger partial charge in [-0.05, 0) is 6.08 Å². The van der Waals surface area contributed by atoms with Crippen molar-refractivity contribution in [1.29, 1.82) is 0 Å². The van der Waals surface area contributed by atoms with Gasteiger partial charge in [-0.25, -0.2) is 8.97 Å². The zero-order valence-corrected chi connectivity index (χ0v) is 7.50. The van der Waals surface area contributed by atoms with E-state index in [1.54, 1.807) is 0 Å². The lowest BCUT2D eigenvalue weighted by Crippen LogP contribution is -2.34. The van der Waals surface area contributed by atoms with Crippen LogP contribution < -0.4 is 0 Å². The molecule has 66 valence electrons. The second-order valence-electron chi connectivity index (χ2n) is 3.14. The van der Waals surface area contributed by atoms with E-state index in [2.05, 4.69) is 6.72 Å². The van der Waals surface area contributed by atoms with Crippen molar-refractivity contribution in [3.63, 3.8) is 0 Å². The third kappa shape index (κ3) is 2.19. The molecule has 0 saturated carbocycles. The summed E-state index contributed by atoms with van der Waals surface area (Å²) in [4.78, 5) is 1.84. The second kappa shape index (κ2) is 3.52. The van der Waals surface area contributed by atoms with Crippen LogP contribution in [0.15, 0.2) is 24.2 Å². The molecule has 0 amide bonds. The highest BCUT2D eigenvalue weighted by atomic mass is 19.1. The summed E-state index contributed by atoms with van der Waals surface area (Å²) in [6.07, 6.45) is 4.83. The van der Waals surface area contributed by atoms with Crippen LogP contribution in [0, 0.1) is 0 Å². The summed E-state index contributed by atoms with van der Waals surface area (Å²) in [5, 5.41) is 0. The van der Waals surface area contributed by atoms with Crippen molar-refractivity contribution in [3.8, 4) is 0 Å². The van der Waals surface area contributed by atoms with Crippen molar-refractivity contribution in [2.24, 2.45) is 0 Å². The average molecular weight is 169 g/mol. The maximum absolute atomic E-state index is 12.6. The molecule has 1 unspecified atom stereocenters. The van der Waals surface area contributed by atoms with Gasteiger partial charge < -0.3 is 4.90 Å². The van der Waals surface area contributed by atoms with E-state index in [0.717, 1.165) is 6.54 Å². The minimum atomic E-state index is -0.194. The number of likely N-dealkylation sites (N-methyl/N-ethyl adjacent to an activating group) is 2. The van der Waals surface area contributed by atoms with Gasteiger partial charge in [0.25, 0.3) is 0 Å². The molecule has 1 aliphatic heterocycles. The number of rotatable bonds is 2. The molecule has 0 aliphatic carbocycles. The van der Waals surface area contributed by atoms with Crippen LogP contribution >= 0.6 is 0 Å². The van der Waals surface area contributed by atoms with E-state index in [-0.39, 0.29) is 11.9 Å². The highest BCUT2D eigenvalue weighted by molar-refractivity contribution is 5.19. The zero-order valence-electron chi connectivity index (χ0n) is 7.50. The Labute approximate surface area is 72.3 Å². The van der Waals surface area contributed by atoms with Crippen molar-refractivity contribution in [2.45, 2.75) is 6.04 Å². The highest BCUT2D eigenvalue weighted by Crippen LogP contribution is 2.12. The molecule has 2 nitrogen and oxygen atoms in total. The zero-order chi connectivity index (χ0) is 9.14. The summed E-state index contributed by atoms with van der Waals surface area (Å²) in [6.45, 7) is 4.55. The first-order valence-corrected chi connectivity index (χ1v) is 3.88. The van der Waals surface area contributed by atoms with Gasteiger partial charge in [0.1, 0.15) is 25.6 Å². The fraction of sp³-hybridized carbons (Fsp3) is 0.444. The molecule has 12 heavy (non-hydrogen) atoms. The van der Waals surface area contributed by atoms with Crippen LogP contribution in [-0.2, 0) is 0 Å². The minimum Gasteiger partial charge on any atom is -0.366 e. The SMILES string of the molecule is C=[N+](C)CC1C=CC(F)=CN1C. The maximum atomic E-state index is 12.6. The largest absolute Gasteiger partial charge is 0.366 e. The molecule has 3 heteroatoms. The van der Waals surface area contributed by atoms with Gasteiger partial charge in [0.15, 0.2) is 6.54 Å². The van der Waals surface area contributed by atoms with Crippen molar-refractivity contribution in [3.05, 3.63) is 24.2 Å². The quantitative estimate of drug-likeness (QED) is 0.441. The molecule has 1 rings (SSSR count). The van der Waals surface area contributed by atoms with Crippen LogP contribution in [0.25, 0.3) is 0 Å². The van der Waals surface area contributed by atoms with Gasteiger partial charge in [-0.3, -0.25) is 0 Å². The van der Waals surface area contributed by atoms with E-state index in [9.17, 15) is 4.39 Å². The number of allylic oxidation sites excluding steroid dienone is 2. The van der Waals surface area contributed by atoms with Gasteiger partial charge in [0.2, 0.25) is 0 Å². The predicted molar refractivity (Wildman–Crippen MR) is 48.1 cm³/mol. The Balaban J connectivity index is 2.60. The first-order chi connectivity index (χ1) is 5.59. The predicted octanol–water partition coefficient (Wildman–Crippen LogP) is 1.01. The van der Waals surface area contributed by atoms with Gasteiger partial charge in [0, 0.05) is 13.2 Å². The minimum absolute atomic E-state index is 0.194. The molecule has 0 spiro atoms. The topological polar surface area (TPSA) is 6.25 Å². The summed E-state index contributed by atoms with van der Waals surface area (Å²) in [7, 11) is 3.76. The Hall–Kier alpha value is -1.12. The van der Waals surface area contributed by atoms with E-state index < -0.39 is 0 Å². The lowest BCUT2D eigenvalue weighted by molar-refractivity contribution is -0.492. The lowest BCUT2D eigenvalue weighted by Gasteiger charge is -2.24. The average Bonchev–Trinajstić information content (AvgIpc) is 1.94. The molecular weight excluding hydrogens is 155 g/mol. The Kier molecular flexibility index (Phi) is 2.63. The molecule has 0 N–H and O–H groups in total. The van der Waals surface area contributed by atoms with Crippen LogP contribution in [-0.4, -0.2) is 42.9 Å². The Morgan fingerprint density at radius 1 is 1.75 bits per heavy atom. The normalized spacial score (nSPS) is 22.4. The first kappa shape index (κ1) is 8.97. The standard InChI is InChI=1S/C9H14FN2/c1-11(2)7-9-5-4-8(10)6-12(9)3/h4-6,9H,1,7H2,2-3H3/q+1. The van der Waals surface area contributed by atoms with E-state index in [1.807, 2.05) is 29.6 Å². The summed E-state index contributed by atoms with van der Waals surface area (Å²) in [6, 6.07) is 0.229. The molecule has 0 aromatic carbocycles. The molecule has 0 aromatic heterocycles. The number of hydrogen-bond donors (Lipinski definition) is 0.